The second kappa shape index (κ2) is 8.61. The van der Waals surface area contributed by atoms with Crippen LogP contribution in [0.4, 0.5) is 10.1 Å². The van der Waals surface area contributed by atoms with Crippen molar-refractivity contribution in [2.75, 3.05) is 19.5 Å². The first kappa shape index (κ1) is 20.6. The minimum absolute atomic E-state index is 0.108. The molecular weight excluding hydrogens is 417 g/mol. The zero-order valence-corrected chi connectivity index (χ0v) is 18.0. The van der Waals surface area contributed by atoms with Crippen LogP contribution in [-0.4, -0.2) is 29.7 Å². The van der Waals surface area contributed by atoms with Gasteiger partial charge < -0.3 is 19.4 Å². The van der Waals surface area contributed by atoms with E-state index in [0.717, 1.165) is 11.3 Å². The molecule has 4 rings (SSSR count). The van der Waals surface area contributed by atoms with Crippen LogP contribution in [0.2, 0.25) is 0 Å². The highest BCUT2D eigenvalue weighted by Crippen LogP contribution is 2.35. The van der Waals surface area contributed by atoms with Crippen LogP contribution in [-0.2, 0) is 0 Å². The number of halogens is 1. The topological polar surface area (TPSA) is 65.4 Å². The van der Waals surface area contributed by atoms with Gasteiger partial charge in [0, 0.05) is 23.6 Å². The third kappa shape index (κ3) is 4.15. The molecule has 0 spiro atoms. The molecule has 0 bridgehead atoms. The number of benzene rings is 2. The molecule has 0 aliphatic heterocycles. The highest BCUT2D eigenvalue weighted by molar-refractivity contribution is 7.17. The molecule has 158 valence electrons. The standard InChI is InChI=1S/C23H20FN3O3S/c1-14-21(31-23(25-14)15-6-9-19(29-2)20(12-15)30-3)22(28)26-18-13-16(7-8-17(18)24)27-10-4-5-11-27/h4-13H,1-3H3,(H,26,28). The van der Waals surface area contributed by atoms with E-state index in [4.69, 9.17) is 9.47 Å². The van der Waals surface area contributed by atoms with E-state index in [-0.39, 0.29) is 5.69 Å². The molecule has 2 aromatic carbocycles. The largest absolute Gasteiger partial charge is 0.493 e. The number of hydrogen-bond donors (Lipinski definition) is 1. The van der Waals surface area contributed by atoms with E-state index >= 15 is 0 Å². The zero-order chi connectivity index (χ0) is 22.0. The van der Waals surface area contributed by atoms with Crippen LogP contribution in [0.25, 0.3) is 16.3 Å². The Kier molecular flexibility index (Phi) is 5.73. The van der Waals surface area contributed by atoms with Gasteiger partial charge in [0.15, 0.2) is 11.5 Å². The molecule has 0 radical (unpaired) electrons. The minimum Gasteiger partial charge on any atom is -0.493 e. The number of aromatic nitrogens is 2. The van der Waals surface area contributed by atoms with E-state index in [1.165, 1.54) is 17.4 Å². The van der Waals surface area contributed by atoms with Crippen LogP contribution in [0.3, 0.4) is 0 Å². The van der Waals surface area contributed by atoms with Gasteiger partial charge in [0.1, 0.15) is 15.7 Å². The molecule has 0 aliphatic carbocycles. The first-order chi connectivity index (χ1) is 15.0. The lowest BCUT2D eigenvalue weighted by molar-refractivity contribution is 0.102. The summed E-state index contributed by atoms with van der Waals surface area (Å²) in [6.07, 6.45) is 3.70. The molecule has 0 fully saturated rings. The normalized spacial score (nSPS) is 10.7. The smallest absolute Gasteiger partial charge is 0.267 e. The predicted molar refractivity (Wildman–Crippen MR) is 119 cm³/mol. The Morgan fingerprint density at radius 3 is 2.52 bits per heavy atom. The molecule has 31 heavy (non-hydrogen) atoms. The van der Waals surface area contributed by atoms with Crippen LogP contribution < -0.4 is 14.8 Å². The fraction of sp³-hybridized carbons (Fsp3) is 0.130. The highest BCUT2D eigenvalue weighted by Gasteiger charge is 2.19. The molecule has 1 N–H and O–H groups in total. The fourth-order valence-electron chi connectivity index (χ4n) is 3.16. The molecule has 0 saturated carbocycles. The van der Waals surface area contributed by atoms with Gasteiger partial charge in [0.05, 0.1) is 25.6 Å². The van der Waals surface area contributed by atoms with Gasteiger partial charge in [-0.2, -0.15) is 0 Å². The molecule has 8 heteroatoms. The van der Waals surface area contributed by atoms with Crippen molar-refractivity contribution >= 4 is 22.9 Å². The average Bonchev–Trinajstić information content (AvgIpc) is 3.45. The summed E-state index contributed by atoms with van der Waals surface area (Å²) >= 11 is 1.23. The first-order valence-electron chi connectivity index (χ1n) is 9.44. The summed E-state index contributed by atoms with van der Waals surface area (Å²) in [5.74, 6) is 0.259. The van der Waals surface area contributed by atoms with Gasteiger partial charge in [-0.15, -0.1) is 11.3 Å². The summed E-state index contributed by atoms with van der Waals surface area (Å²) in [6, 6.07) is 13.8. The molecule has 0 aliphatic rings. The number of aryl methyl sites for hydroxylation is 1. The molecule has 0 unspecified atom stereocenters. The predicted octanol–water partition coefficient (Wildman–Crippen LogP) is 5.32. The van der Waals surface area contributed by atoms with Crippen molar-refractivity contribution < 1.29 is 18.7 Å². The summed E-state index contributed by atoms with van der Waals surface area (Å²) in [5.41, 5.74) is 2.21. The lowest BCUT2D eigenvalue weighted by atomic mass is 10.2. The number of thiazole rings is 1. The Morgan fingerprint density at radius 1 is 1.06 bits per heavy atom. The number of rotatable bonds is 6. The van der Waals surface area contributed by atoms with Crippen molar-refractivity contribution in [1.82, 2.24) is 9.55 Å². The number of methoxy groups -OCH3 is 2. The maximum atomic E-state index is 14.4. The lowest BCUT2D eigenvalue weighted by Gasteiger charge is -2.09. The molecule has 1 amide bonds. The molecule has 4 aromatic rings. The Morgan fingerprint density at radius 2 is 1.81 bits per heavy atom. The second-order valence-electron chi connectivity index (χ2n) is 6.71. The Bertz CT molecular complexity index is 1240. The highest BCUT2D eigenvalue weighted by atomic mass is 32.1. The SMILES string of the molecule is COc1ccc(-c2nc(C)c(C(=O)Nc3cc(-n4cccc4)ccc3F)s2)cc1OC. The van der Waals surface area contributed by atoms with E-state index in [1.807, 2.05) is 35.2 Å². The number of carbonyl (C=O) groups is 1. The van der Waals surface area contributed by atoms with Gasteiger partial charge in [-0.25, -0.2) is 9.37 Å². The van der Waals surface area contributed by atoms with Crippen LogP contribution in [0, 0.1) is 12.7 Å². The monoisotopic (exact) mass is 437 g/mol. The van der Waals surface area contributed by atoms with Crippen molar-refractivity contribution in [1.29, 1.82) is 0 Å². The average molecular weight is 437 g/mol. The van der Waals surface area contributed by atoms with Crippen LogP contribution in [0.5, 0.6) is 11.5 Å². The third-order valence-electron chi connectivity index (χ3n) is 4.73. The van der Waals surface area contributed by atoms with Crippen molar-refractivity contribution in [3.05, 3.63) is 77.3 Å². The van der Waals surface area contributed by atoms with Gasteiger partial charge in [0.2, 0.25) is 0 Å². The molecule has 2 heterocycles. The number of carbonyl (C=O) groups excluding carboxylic acids is 1. The van der Waals surface area contributed by atoms with Gasteiger partial charge in [-0.05, 0) is 55.5 Å². The minimum atomic E-state index is -0.508. The number of hydrogen-bond acceptors (Lipinski definition) is 5. The lowest BCUT2D eigenvalue weighted by Crippen LogP contribution is -2.13. The fourth-order valence-corrected chi connectivity index (χ4v) is 4.11. The number of anilines is 1. The van der Waals surface area contributed by atoms with E-state index in [9.17, 15) is 9.18 Å². The molecule has 2 aromatic heterocycles. The number of nitrogens with zero attached hydrogens (tertiary/aromatic N) is 2. The van der Waals surface area contributed by atoms with E-state index in [2.05, 4.69) is 10.3 Å². The zero-order valence-electron chi connectivity index (χ0n) is 17.2. The summed E-state index contributed by atoms with van der Waals surface area (Å²) in [4.78, 5) is 17.8. The summed E-state index contributed by atoms with van der Waals surface area (Å²) < 4.78 is 26.8. The number of amides is 1. The maximum absolute atomic E-state index is 14.4. The van der Waals surface area contributed by atoms with Crippen LogP contribution in [0.1, 0.15) is 15.4 Å². The first-order valence-corrected chi connectivity index (χ1v) is 10.3. The van der Waals surface area contributed by atoms with Gasteiger partial charge >= 0.3 is 0 Å². The second-order valence-corrected chi connectivity index (χ2v) is 7.71. The Balaban J connectivity index is 1.61. The van der Waals surface area contributed by atoms with Gasteiger partial charge in [0.25, 0.3) is 5.91 Å². The van der Waals surface area contributed by atoms with Gasteiger partial charge in [-0.1, -0.05) is 0 Å². The van der Waals surface area contributed by atoms with Crippen molar-refractivity contribution in [3.63, 3.8) is 0 Å². The molecule has 0 atom stereocenters. The molecular formula is C23H20FN3O3S. The maximum Gasteiger partial charge on any atom is 0.267 e. The Hall–Kier alpha value is -3.65. The van der Waals surface area contributed by atoms with Gasteiger partial charge in [-0.3, -0.25) is 4.79 Å². The van der Waals surface area contributed by atoms with E-state index in [1.54, 1.807) is 45.4 Å². The Labute approximate surface area is 182 Å². The van der Waals surface area contributed by atoms with E-state index in [0.29, 0.717) is 27.1 Å². The summed E-state index contributed by atoms with van der Waals surface area (Å²) in [7, 11) is 3.13. The summed E-state index contributed by atoms with van der Waals surface area (Å²) in [5, 5.41) is 3.33. The molecule has 0 saturated heterocycles. The molecule has 6 nitrogen and oxygen atoms in total. The van der Waals surface area contributed by atoms with E-state index < -0.39 is 11.7 Å². The quantitative estimate of drug-likeness (QED) is 0.444. The van der Waals surface area contributed by atoms with Crippen molar-refractivity contribution in [2.24, 2.45) is 0 Å². The van der Waals surface area contributed by atoms with Crippen molar-refractivity contribution in [2.45, 2.75) is 6.92 Å². The number of nitrogens with one attached hydrogen (secondary N) is 1. The van der Waals surface area contributed by atoms with Crippen LogP contribution >= 0.6 is 11.3 Å². The summed E-state index contributed by atoms with van der Waals surface area (Å²) in [6.45, 7) is 1.75. The third-order valence-corrected chi connectivity index (χ3v) is 5.94. The van der Waals surface area contributed by atoms with Crippen LogP contribution in [0.15, 0.2) is 60.9 Å². The van der Waals surface area contributed by atoms with Crippen molar-refractivity contribution in [3.8, 4) is 27.8 Å². The number of ether oxygens (including phenoxy) is 2.